The van der Waals surface area contributed by atoms with Gasteiger partial charge in [0, 0.05) is 42.3 Å². The Morgan fingerprint density at radius 2 is 1.13 bits per heavy atom. The second-order valence-corrected chi connectivity index (χ2v) is 13.6. The van der Waals surface area contributed by atoms with E-state index in [1.54, 1.807) is 0 Å². The number of hydrogen-bond acceptors (Lipinski definition) is 3. The van der Waals surface area contributed by atoms with Gasteiger partial charge in [-0.05, 0) is 51.6 Å². The molecule has 8 aromatic rings. The molecule has 9 rings (SSSR count). The van der Waals surface area contributed by atoms with Crippen molar-refractivity contribution < 1.29 is 0 Å². The maximum atomic E-state index is 5.33. The zero-order valence-corrected chi connectivity index (χ0v) is 26.5. The Bertz CT molecular complexity index is 2380. The van der Waals surface area contributed by atoms with Gasteiger partial charge in [-0.25, -0.2) is 9.97 Å². The van der Waals surface area contributed by atoms with Crippen molar-refractivity contribution in [2.24, 2.45) is 0 Å². The van der Waals surface area contributed by atoms with Crippen molar-refractivity contribution in [1.82, 2.24) is 9.97 Å². The van der Waals surface area contributed by atoms with Crippen LogP contribution in [-0.4, -0.2) is 9.97 Å². The number of rotatable bonds is 4. The van der Waals surface area contributed by atoms with Gasteiger partial charge >= 0.3 is 0 Å². The van der Waals surface area contributed by atoms with Crippen LogP contribution in [0.5, 0.6) is 0 Å². The minimum atomic E-state index is -0.0836. The summed E-state index contributed by atoms with van der Waals surface area (Å²) in [6.45, 7) is 4.69. The fourth-order valence-electron chi connectivity index (χ4n) is 7.20. The van der Waals surface area contributed by atoms with Crippen LogP contribution in [-0.2, 0) is 5.41 Å². The van der Waals surface area contributed by atoms with E-state index in [1.165, 1.54) is 53.6 Å². The van der Waals surface area contributed by atoms with Gasteiger partial charge in [0.25, 0.3) is 0 Å². The van der Waals surface area contributed by atoms with Crippen LogP contribution in [0.25, 0.3) is 76.3 Å². The molecule has 2 nitrogen and oxygen atoms in total. The minimum Gasteiger partial charge on any atom is -0.228 e. The molecule has 0 unspecified atom stereocenters. The van der Waals surface area contributed by atoms with Crippen molar-refractivity contribution in [3.8, 4) is 56.2 Å². The molecule has 3 heteroatoms. The monoisotopic (exact) mass is 606 g/mol. The SMILES string of the molecule is CC1(C)c2ccccc2-c2ccc(-c3ccc4c(sc5ccccc54)c3-c3cc(-c4ccccc4)nc(-c4ccccc4)n3)cc21. The van der Waals surface area contributed by atoms with E-state index in [9.17, 15) is 0 Å². The van der Waals surface area contributed by atoms with Gasteiger partial charge in [-0.1, -0.05) is 141 Å². The van der Waals surface area contributed by atoms with E-state index in [-0.39, 0.29) is 5.41 Å². The number of fused-ring (bicyclic) bond motifs is 6. The molecule has 2 heterocycles. The highest BCUT2D eigenvalue weighted by Crippen LogP contribution is 2.51. The third kappa shape index (κ3) is 4.16. The molecular formula is C43H30N2S. The van der Waals surface area contributed by atoms with Gasteiger partial charge < -0.3 is 0 Å². The molecule has 6 aromatic carbocycles. The van der Waals surface area contributed by atoms with Crippen LogP contribution in [0.2, 0.25) is 0 Å². The van der Waals surface area contributed by atoms with Crippen molar-refractivity contribution in [2.45, 2.75) is 19.3 Å². The minimum absolute atomic E-state index is 0.0836. The normalized spacial score (nSPS) is 13.2. The maximum Gasteiger partial charge on any atom is 0.160 e. The summed E-state index contributed by atoms with van der Waals surface area (Å²) in [7, 11) is 0. The van der Waals surface area contributed by atoms with Gasteiger partial charge in [0.05, 0.1) is 11.4 Å². The molecule has 0 saturated carbocycles. The van der Waals surface area contributed by atoms with Crippen molar-refractivity contribution in [3.63, 3.8) is 0 Å². The summed E-state index contributed by atoms with van der Waals surface area (Å²) in [6.07, 6.45) is 0. The number of thiophene rings is 1. The summed E-state index contributed by atoms with van der Waals surface area (Å²) in [6, 6.07) is 52.2. The fourth-order valence-corrected chi connectivity index (χ4v) is 8.46. The van der Waals surface area contributed by atoms with E-state index in [1.807, 2.05) is 23.5 Å². The Hall–Kier alpha value is -5.38. The molecule has 1 aliphatic rings. The number of benzene rings is 6. The molecule has 0 N–H and O–H groups in total. The first-order valence-electron chi connectivity index (χ1n) is 15.8. The lowest BCUT2D eigenvalue weighted by atomic mass is 9.81. The number of aromatic nitrogens is 2. The highest BCUT2D eigenvalue weighted by molar-refractivity contribution is 7.26. The molecule has 0 saturated heterocycles. The molecule has 218 valence electrons. The predicted octanol–water partition coefficient (Wildman–Crippen LogP) is 11.8. The molecule has 0 amide bonds. The molecule has 0 spiro atoms. The lowest BCUT2D eigenvalue weighted by Gasteiger charge is -2.22. The second kappa shape index (κ2) is 10.3. The van der Waals surface area contributed by atoms with Crippen molar-refractivity contribution in [1.29, 1.82) is 0 Å². The van der Waals surface area contributed by atoms with Crippen LogP contribution in [0.1, 0.15) is 25.0 Å². The van der Waals surface area contributed by atoms with Crippen LogP contribution in [0.3, 0.4) is 0 Å². The largest absolute Gasteiger partial charge is 0.228 e. The first-order valence-corrected chi connectivity index (χ1v) is 16.6. The smallest absolute Gasteiger partial charge is 0.160 e. The number of hydrogen-bond donors (Lipinski definition) is 0. The quantitative estimate of drug-likeness (QED) is 0.199. The summed E-state index contributed by atoms with van der Waals surface area (Å²) < 4.78 is 2.53. The first kappa shape index (κ1) is 27.0. The van der Waals surface area contributed by atoms with Crippen molar-refractivity contribution >= 4 is 31.5 Å². The number of nitrogens with zero attached hydrogens (tertiary/aromatic N) is 2. The molecule has 46 heavy (non-hydrogen) atoms. The molecular weight excluding hydrogens is 577 g/mol. The summed E-state index contributed by atoms with van der Waals surface area (Å²) >= 11 is 1.85. The predicted molar refractivity (Wildman–Crippen MR) is 194 cm³/mol. The average Bonchev–Trinajstić information content (AvgIpc) is 3.60. The Kier molecular flexibility index (Phi) is 6.06. The zero-order chi connectivity index (χ0) is 30.8. The molecule has 2 aromatic heterocycles. The lowest BCUT2D eigenvalue weighted by Crippen LogP contribution is -2.14. The van der Waals surface area contributed by atoms with Gasteiger partial charge in [0.2, 0.25) is 0 Å². The van der Waals surface area contributed by atoms with Crippen LogP contribution < -0.4 is 0 Å². The van der Waals surface area contributed by atoms with Crippen molar-refractivity contribution in [2.75, 3.05) is 0 Å². The lowest BCUT2D eigenvalue weighted by molar-refractivity contribution is 0.660. The van der Waals surface area contributed by atoms with E-state index in [0.29, 0.717) is 0 Å². The van der Waals surface area contributed by atoms with E-state index in [0.717, 1.165) is 33.9 Å². The molecule has 0 fully saturated rings. The Labute approximate surface area is 272 Å². The zero-order valence-electron chi connectivity index (χ0n) is 25.7. The Morgan fingerprint density at radius 3 is 1.96 bits per heavy atom. The molecule has 1 aliphatic carbocycles. The first-order chi connectivity index (χ1) is 22.6. The maximum absolute atomic E-state index is 5.33. The third-order valence-corrected chi connectivity index (χ3v) is 10.7. The molecule has 0 atom stereocenters. The van der Waals surface area contributed by atoms with E-state index >= 15 is 0 Å². The highest BCUT2D eigenvalue weighted by Gasteiger charge is 2.35. The molecule has 0 radical (unpaired) electrons. The Morgan fingerprint density at radius 1 is 0.478 bits per heavy atom. The highest BCUT2D eigenvalue weighted by atomic mass is 32.1. The summed E-state index contributed by atoms with van der Waals surface area (Å²) in [4.78, 5) is 10.4. The summed E-state index contributed by atoms with van der Waals surface area (Å²) in [5.41, 5.74) is 12.8. The van der Waals surface area contributed by atoms with Gasteiger partial charge in [-0.15, -0.1) is 11.3 Å². The van der Waals surface area contributed by atoms with Crippen LogP contribution in [0, 0.1) is 0 Å². The Balaban J connectivity index is 1.35. The van der Waals surface area contributed by atoms with E-state index in [2.05, 4.69) is 147 Å². The van der Waals surface area contributed by atoms with Crippen LogP contribution >= 0.6 is 11.3 Å². The van der Waals surface area contributed by atoms with Crippen LogP contribution in [0.15, 0.2) is 146 Å². The fraction of sp³-hybridized carbons (Fsp3) is 0.0698. The summed E-state index contributed by atoms with van der Waals surface area (Å²) in [5.74, 6) is 0.728. The second-order valence-electron chi connectivity index (χ2n) is 12.6. The molecule has 0 bridgehead atoms. The van der Waals surface area contributed by atoms with Gasteiger partial charge in [0.1, 0.15) is 0 Å². The molecule has 0 aliphatic heterocycles. The topological polar surface area (TPSA) is 25.8 Å². The van der Waals surface area contributed by atoms with Gasteiger partial charge in [0.15, 0.2) is 5.82 Å². The third-order valence-electron chi connectivity index (χ3n) is 9.53. The van der Waals surface area contributed by atoms with Crippen LogP contribution in [0.4, 0.5) is 0 Å². The van der Waals surface area contributed by atoms with Gasteiger partial charge in [-0.2, -0.15) is 0 Å². The van der Waals surface area contributed by atoms with E-state index in [4.69, 9.17) is 9.97 Å². The van der Waals surface area contributed by atoms with Crippen molar-refractivity contribution in [3.05, 3.63) is 157 Å². The van der Waals surface area contributed by atoms with Gasteiger partial charge in [-0.3, -0.25) is 0 Å². The average molecular weight is 607 g/mol. The standard InChI is InChI=1S/C43H30N2S/c1-43(2)35-19-11-9-17-31(35)32-22-21-29(25-36(32)43)30-23-24-34-33-18-10-12-20-39(33)46-41(34)40(30)38-26-37(27-13-5-3-6-14-27)44-42(45-38)28-15-7-4-8-16-28/h3-26H,1-2H3. The van der Waals surface area contributed by atoms with E-state index < -0.39 is 0 Å². The summed E-state index contributed by atoms with van der Waals surface area (Å²) in [5, 5.41) is 2.54.